The van der Waals surface area contributed by atoms with Gasteiger partial charge in [0.25, 0.3) is 0 Å². The number of aromatic nitrogens is 2. The molecule has 0 bridgehead atoms. The van der Waals surface area contributed by atoms with E-state index >= 15 is 0 Å². The zero-order chi connectivity index (χ0) is 21.9. The third kappa shape index (κ3) is 4.67. The number of hydrogen-bond acceptors (Lipinski definition) is 4. The summed E-state index contributed by atoms with van der Waals surface area (Å²) in [5.41, 5.74) is 0.565. The van der Waals surface area contributed by atoms with Crippen LogP contribution in [0.1, 0.15) is 26.3 Å². The lowest BCUT2D eigenvalue weighted by atomic mass is 10.0. The summed E-state index contributed by atoms with van der Waals surface area (Å²) in [6.07, 6.45) is 1.63. The average molecular weight is 435 g/mol. The number of nitrogens with one attached hydrogen (secondary N) is 1. The Morgan fingerprint density at radius 2 is 1.80 bits per heavy atom. The Labute approximate surface area is 173 Å². The molecule has 1 aromatic heterocycles. The van der Waals surface area contributed by atoms with Crippen LogP contribution >= 0.6 is 0 Å². The van der Waals surface area contributed by atoms with Crippen molar-refractivity contribution in [2.75, 3.05) is 12.3 Å². The molecule has 0 fully saturated rings. The van der Waals surface area contributed by atoms with Gasteiger partial charge < -0.3 is 9.88 Å². The lowest BCUT2D eigenvalue weighted by Crippen LogP contribution is -2.36. The standard InChI is InChI=1S/C21H23F2N3O3S/c1-14(2)20(26-13-25-18-11-16(22)17(23)12-19(18)26)21(27)24-9-6-10-30(28,29)15-7-4-3-5-8-15/h3-5,7-8,11-14,20H,6,9-10H2,1-2H3,(H,24,27). The molecule has 1 unspecified atom stereocenters. The molecule has 1 amide bonds. The van der Waals surface area contributed by atoms with Crippen LogP contribution < -0.4 is 5.32 Å². The van der Waals surface area contributed by atoms with Gasteiger partial charge in [0, 0.05) is 18.7 Å². The van der Waals surface area contributed by atoms with E-state index in [-0.39, 0.29) is 41.0 Å². The normalized spacial score (nSPS) is 13.0. The summed E-state index contributed by atoms with van der Waals surface area (Å²) in [5, 5.41) is 2.75. The van der Waals surface area contributed by atoms with E-state index in [1.165, 1.54) is 23.0 Å². The second-order valence-electron chi connectivity index (χ2n) is 7.37. The molecule has 30 heavy (non-hydrogen) atoms. The summed E-state index contributed by atoms with van der Waals surface area (Å²) in [4.78, 5) is 17.1. The van der Waals surface area contributed by atoms with Crippen molar-refractivity contribution < 1.29 is 22.0 Å². The van der Waals surface area contributed by atoms with Gasteiger partial charge in [-0.3, -0.25) is 4.79 Å². The number of benzene rings is 2. The second kappa shape index (κ2) is 8.91. The van der Waals surface area contributed by atoms with Crippen molar-refractivity contribution in [2.24, 2.45) is 5.92 Å². The molecule has 0 aliphatic heterocycles. The summed E-state index contributed by atoms with van der Waals surface area (Å²) in [7, 11) is -3.42. The molecule has 0 spiro atoms. The van der Waals surface area contributed by atoms with Crippen molar-refractivity contribution in [3.8, 4) is 0 Å². The molecular weight excluding hydrogens is 412 g/mol. The molecule has 0 radical (unpaired) electrons. The van der Waals surface area contributed by atoms with Gasteiger partial charge in [0.2, 0.25) is 5.91 Å². The SMILES string of the molecule is CC(C)C(C(=O)NCCCS(=O)(=O)c1ccccc1)n1cnc2cc(F)c(F)cc21. The molecule has 0 aliphatic rings. The zero-order valence-electron chi connectivity index (χ0n) is 16.7. The fraction of sp³-hybridized carbons (Fsp3) is 0.333. The van der Waals surface area contributed by atoms with Gasteiger partial charge >= 0.3 is 0 Å². The van der Waals surface area contributed by atoms with Crippen molar-refractivity contribution in [1.29, 1.82) is 0 Å². The summed E-state index contributed by atoms with van der Waals surface area (Å²) < 4.78 is 53.3. The minimum Gasteiger partial charge on any atom is -0.354 e. The predicted octanol–water partition coefficient (Wildman–Crippen LogP) is 3.49. The van der Waals surface area contributed by atoms with E-state index in [4.69, 9.17) is 0 Å². The van der Waals surface area contributed by atoms with Crippen molar-refractivity contribution in [3.63, 3.8) is 0 Å². The number of amides is 1. The van der Waals surface area contributed by atoms with Crippen LogP contribution in [0, 0.1) is 17.6 Å². The number of nitrogens with zero attached hydrogens (tertiary/aromatic N) is 2. The molecule has 6 nitrogen and oxygen atoms in total. The molecule has 0 saturated carbocycles. The molecule has 2 aromatic carbocycles. The Hall–Kier alpha value is -2.81. The van der Waals surface area contributed by atoms with E-state index in [0.29, 0.717) is 5.52 Å². The second-order valence-corrected chi connectivity index (χ2v) is 9.48. The van der Waals surface area contributed by atoms with Gasteiger partial charge in [0.1, 0.15) is 6.04 Å². The van der Waals surface area contributed by atoms with Crippen molar-refractivity contribution in [3.05, 3.63) is 60.4 Å². The van der Waals surface area contributed by atoms with Crippen LogP contribution in [0.25, 0.3) is 11.0 Å². The number of halogens is 2. The molecule has 0 aliphatic carbocycles. The average Bonchev–Trinajstić information content (AvgIpc) is 3.08. The third-order valence-corrected chi connectivity index (χ3v) is 6.62. The first-order chi connectivity index (χ1) is 14.2. The van der Waals surface area contributed by atoms with E-state index in [1.54, 1.807) is 18.2 Å². The number of rotatable bonds is 8. The van der Waals surface area contributed by atoms with Crippen molar-refractivity contribution >= 4 is 26.8 Å². The quantitative estimate of drug-likeness (QED) is 0.549. The van der Waals surface area contributed by atoms with Crippen LogP contribution in [0.15, 0.2) is 53.7 Å². The molecule has 1 atom stereocenters. The van der Waals surface area contributed by atoms with E-state index in [2.05, 4.69) is 10.3 Å². The Morgan fingerprint density at radius 3 is 2.47 bits per heavy atom. The maximum atomic E-state index is 13.7. The topological polar surface area (TPSA) is 81.1 Å². The molecule has 9 heteroatoms. The number of sulfone groups is 1. The molecule has 1 N–H and O–H groups in total. The van der Waals surface area contributed by atoms with Crippen LogP contribution in [0.4, 0.5) is 8.78 Å². The smallest absolute Gasteiger partial charge is 0.243 e. The maximum Gasteiger partial charge on any atom is 0.243 e. The number of hydrogen-bond donors (Lipinski definition) is 1. The molecule has 0 saturated heterocycles. The minimum absolute atomic E-state index is 0.0951. The highest BCUT2D eigenvalue weighted by Crippen LogP contribution is 2.25. The molecule has 160 valence electrons. The number of carbonyl (C=O) groups excluding carboxylic acids is 1. The van der Waals surface area contributed by atoms with Gasteiger partial charge in [-0.1, -0.05) is 32.0 Å². The van der Waals surface area contributed by atoms with Crippen LogP contribution in [0.3, 0.4) is 0 Å². The Morgan fingerprint density at radius 1 is 1.13 bits per heavy atom. The highest BCUT2D eigenvalue weighted by molar-refractivity contribution is 7.91. The van der Waals surface area contributed by atoms with Crippen LogP contribution in [0.5, 0.6) is 0 Å². The molecular formula is C21H23F2N3O3S. The van der Waals surface area contributed by atoms with E-state index in [1.807, 2.05) is 13.8 Å². The van der Waals surface area contributed by atoms with Crippen molar-refractivity contribution in [2.45, 2.75) is 31.2 Å². The monoisotopic (exact) mass is 435 g/mol. The zero-order valence-corrected chi connectivity index (χ0v) is 17.5. The lowest BCUT2D eigenvalue weighted by Gasteiger charge is -2.22. The molecule has 3 rings (SSSR count). The van der Waals surface area contributed by atoms with Crippen LogP contribution in [-0.4, -0.2) is 36.2 Å². The van der Waals surface area contributed by atoms with Crippen LogP contribution in [-0.2, 0) is 14.6 Å². The first-order valence-electron chi connectivity index (χ1n) is 9.58. The lowest BCUT2D eigenvalue weighted by molar-refractivity contribution is -0.125. The summed E-state index contributed by atoms with van der Waals surface area (Å²) in [5.74, 6) is -2.62. The first kappa shape index (κ1) is 21.9. The van der Waals surface area contributed by atoms with Gasteiger partial charge in [0.05, 0.1) is 28.0 Å². The largest absolute Gasteiger partial charge is 0.354 e. The Bertz CT molecular complexity index is 1150. The van der Waals surface area contributed by atoms with Gasteiger partial charge in [-0.15, -0.1) is 0 Å². The van der Waals surface area contributed by atoms with E-state index < -0.39 is 27.5 Å². The number of imidazole rings is 1. The number of carbonyl (C=O) groups is 1. The highest BCUT2D eigenvalue weighted by Gasteiger charge is 2.26. The van der Waals surface area contributed by atoms with Crippen LogP contribution in [0.2, 0.25) is 0 Å². The minimum atomic E-state index is -3.42. The predicted molar refractivity (Wildman–Crippen MR) is 110 cm³/mol. The third-order valence-electron chi connectivity index (χ3n) is 4.81. The van der Waals surface area contributed by atoms with Gasteiger partial charge in [0.15, 0.2) is 21.5 Å². The fourth-order valence-electron chi connectivity index (χ4n) is 3.32. The maximum absolute atomic E-state index is 13.7. The summed E-state index contributed by atoms with van der Waals surface area (Å²) in [6.45, 7) is 3.83. The highest BCUT2D eigenvalue weighted by atomic mass is 32.2. The Kier molecular flexibility index (Phi) is 6.50. The fourth-order valence-corrected chi connectivity index (χ4v) is 4.65. The van der Waals surface area contributed by atoms with E-state index in [9.17, 15) is 22.0 Å². The molecule has 3 aromatic rings. The summed E-state index contributed by atoms with van der Waals surface area (Å²) >= 11 is 0. The van der Waals surface area contributed by atoms with E-state index in [0.717, 1.165) is 12.1 Å². The molecule has 1 heterocycles. The first-order valence-corrected chi connectivity index (χ1v) is 11.2. The van der Waals surface area contributed by atoms with Gasteiger partial charge in [-0.2, -0.15) is 0 Å². The number of fused-ring (bicyclic) bond motifs is 1. The Balaban J connectivity index is 1.68. The summed E-state index contributed by atoms with van der Waals surface area (Å²) in [6, 6.07) is 9.44. The van der Waals surface area contributed by atoms with Crippen molar-refractivity contribution in [1.82, 2.24) is 14.9 Å². The van der Waals surface area contributed by atoms with Gasteiger partial charge in [-0.05, 0) is 24.5 Å². The van der Waals surface area contributed by atoms with Gasteiger partial charge in [-0.25, -0.2) is 22.2 Å².